The van der Waals surface area contributed by atoms with E-state index in [-0.39, 0.29) is 5.92 Å². The molecule has 2 heterocycles. The zero-order valence-corrected chi connectivity index (χ0v) is 16.1. The molecule has 1 N–H and O–H groups in total. The summed E-state index contributed by atoms with van der Waals surface area (Å²) in [6.45, 7) is 10.5. The molecule has 0 bridgehead atoms. The van der Waals surface area contributed by atoms with Gasteiger partial charge < -0.3 is 14.8 Å². The summed E-state index contributed by atoms with van der Waals surface area (Å²) in [5.41, 5.74) is 6.53. The number of aromatic nitrogens is 1. The number of aryl methyl sites for hydroxylation is 1. The van der Waals surface area contributed by atoms with Crippen LogP contribution in [-0.4, -0.2) is 18.7 Å². The molecule has 27 heavy (non-hydrogen) atoms. The molecule has 0 saturated heterocycles. The maximum Gasteiger partial charge on any atom is 0.219 e. The number of nitriles is 1. The fourth-order valence-corrected chi connectivity index (χ4v) is 3.54. The second kappa shape index (κ2) is 7.55. The van der Waals surface area contributed by atoms with Crippen LogP contribution in [0.2, 0.25) is 0 Å². The lowest BCUT2D eigenvalue weighted by atomic mass is 9.80. The molecule has 138 valence electrons. The molecule has 0 amide bonds. The van der Waals surface area contributed by atoms with Gasteiger partial charge in [0.15, 0.2) is 0 Å². The SMILES string of the molecule is C=CC1=C(C)Nc2c(C)cnc(OCC)c2C1c1ccc(C#N)cc1OC. The summed E-state index contributed by atoms with van der Waals surface area (Å²) in [6.07, 6.45) is 3.67. The fourth-order valence-electron chi connectivity index (χ4n) is 3.54. The first-order chi connectivity index (χ1) is 13.0. The third-order valence-electron chi connectivity index (χ3n) is 4.79. The van der Waals surface area contributed by atoms with E-state index in [0.29, 0.717) is 23.8 Å². The van der Waals surface area contributed by atoms with Gasteiger partial charge in [-0.05, 0) is 44.0 Å². The molecule has 1 aromatic carbocycles. The number of rotatable bonds is 5. The lowest BCUT2D eigenvalue weighted by Crippen LogP contribution is -2.20. The van der Waals surface area contributed by atoms with E-state index >= 15 is 0 Å². The van der Waals surface area contributed by atoms with Gasteiger partial charge in [-0.3, -0.25) is 0 Å². The van der Waals surface area contributed by atoms with E-state index in [1.54, 1.807) is 19.2 Å². The average molecular weight is 361 g/mol. The minimum Gasteiger partial charge on any atom is -0.496 e. The average Bonchev–Trinajstić information content (AvgIpc) is 2.69. The number of allylic oxidation sites excluding steroid dienone is 3. The summed E-state index contributed by atoms with van der Waals surface area (Å²) in [4.78, 5) is 4.53. The van der Waals surface area contributed by atoms with Crippen molar-refractivity contribution in [1.82, 2.24) is 4.98 Å². The molecule has 0 aliphatic carbocycles. The fraction of sp³-hybridized carbons (Fsp3) is 0.273. The molecule has 5 heteroatoms. The summed E-state index contributed by atoms with van der Waals surface area (Å²) in [7, 11) is 1.62. The van der Waals surface area contributed by atoms with Crippen LogP contribution in [0, 0.1) is 18.3 Å². The van der Waals surface area contributed by atoms with Gasteiger partial charge in [-0.2, -0.15) is 5.26 Å². The van der Waals surface area contributed by atoms with Gasteiger partial charge in [0, 0.05) is 23.4 Å². The second-order valence-corrected chi connectivity index (χ2v) is 6.38. The Morgan fingerprint density at radius 1 is 1.37 bits per heavy atom. The van der Waals surface area contributed by atoms with Crippen molar-refractivity contribution in [2.24, 2.45) is 0 Å². The van der Waals surface area contributed by atoms with Gasteiger partial charge in [-0.15, -0.1) is 0 Å². The third kappa shape index (κ3) is 3.15. The van der Waals surface area contributed by atoms with Crippen LogP contribution in [0.4, 0.5) is 5.69 Å². The number of nitrogens with zero attached hydrogens (tertiary/aromatic N) is 2. The minimum absolute atomic E-state index is 0.157. The van der Waals surface area contributed by atoms with Gasteiger partial charge >= 0.3 is 0 Å². The van der Waals surface area contributed by atoms with Crippen LogP contribution in [0.3, 0.4) is 0 Å². The Hall–Kier alpha value is -3.26. The first-order valence-corrected chi connectivity index (χ1v) is 8.86. The highest BCUT2D eigenvalue weighted by atomic mass is 16.5. The number of fused-ring (bicyclic) bond motifs is 1. The molecule has 1 aromatic heterocycles. The van der Waals surface area contributed by atoms with E-state index in [9.17, 15) is 5.26 Å². The van der Waals surface area contributed by atoms with E-state index in [1.165, 1.54) is 0 Å². The molecular formula is C22H23N3O2. The highest BCUT2D eigenvalue weighted by molar-refractivity contribution is 5.73. The second-order valence-electron chi connectivity index (χ2n) is 6.38. The number of anilines is 1. The standard InChI is InChI=1S/C22H23N3O2/c1-6-16-14(4)25-21-13(3)12-24-22(27-7-2)20(21)19(16)17-9-8-15(11-23)10-18(17)26-5/h6,8-10,12,19,25H,1,7H2,2-5H3. The smallest absolute Gasteiger partial charge is 0.219 e. The van der Waals surface area contributed by atoms with Gasteiger partial charge in [0.25, 0.3) is 0 Å². The molecule has 0 saturated carbocycles. The molecule has 0 spiro atoms. The molecular weight excluding hydrogens is 338 g/mol. The van der Waals surface area contributed by atoms with E-state index < -0.39 is 0 Å². The van der Waals surface area contributed by atoms with Gasteiger partial charge in [-0.1, -0.05) is 18.7 Å². The lowest BCUT2D eigenvalue weighted by molar-refractivity contribution is 0.322. The highest BCUT2D eigenvalue weighted by Gasteiger charge is 2.33. The summed E-state index contributed by atoms with van der Waals surface area (Å²) in [5, 5.41) is 12.7. The number of nitrogens with one attached hydrogen (secondary N) is 1. The third-order valence-corrected chi connectivity index (χ3v) is 4.79. The topological polar surface area (TPSA) is 67.2 Å². The number of pyridine rings is 1. The Kier molecular flexibility index (Phi) is 5.18. The molecule has 5 nitrogen and oxygen atoms in total. The molecule has 2 aromatic rings. The summed E-state index contributed by atoms with van der Waals surface area (Å²) >= 11 is 0. The number of hydrogen-bond acceptors (Lipinski definition) is 5. The number of ether oxygens (including phenoxy) is 2. The minimum atomic E-state index is -0.157. The molecule has 1 aliphatic heterocycles. The quantitative estimate of drug-likeness (QED) is 0.837. The molecule has 1 unspecified atom stereocenters. The summed E-state index contributed by atoms with van der Waals surface area (Å²) in [6, 6.07) is 7.67. The van der Waals surface area contributed by atoms with Gasteiger partial charge in [-0.25, -0.2) is 4.98 Å². The normalized spacial score (nSPS) is 15.4. The van der Waals surface area contributed by atoms with Crippen LogP contribution in [-0.2, 0) is 0 Å². The molecule has 3 rings (SSSR count). The predicted octanol–water partition coefficient (Wildman–Crippen LogP) is 4.69. The van der Waals surface area contributed by atoms with Crippen molar-refractivity contribution in [3.63, 3.8) is 0 Å². The van der Waals surface area contributed by atoms with Crippen molar-refractivity contribution in [2.45, 2.75) is 26.7 Å². The first kappa shape index (κ1) is 18.5. The van der Waals surface area contributed by atoms with Crippen LogP contribution >= 0.6 is 0 Å². The van der Waals surface area contributed by atoms with E-state index in [4.69, 9.17) is 9.47 Å². The van der Waals surface area contributed by atoms with E-state index in [0.717, 1.165) is 33.6 Å². The van der Waals surface area contributed by atoms with E-state index in [2.05, 4.69) is 22.9 Å². The Bertz CT molecular complexity index is 970. The van der Waals surface area contributed by atoms with Crippen molar-refractivity contribution < 1.29 is 9.47 Å². The van der Waals surface area contributed by atoms with Crippen LogP contribution in [0.15, 0.2) is 48.3 Å². The van der Waals surface area contributed by atoms with Crippen molar-refractivity contribution in [3.8, 4) is 17.7 Å². The van der Waals surface area contributed by atoms with Crippen molar-refractivity contribution >= 4 is 5.69 Å². The Morgan fingerprint density at radius 2 is 2.15 bits per heavy atom. The van der Waals surface area contributed by atoms with Crippen molar-refractivity contribution in [1.29, 1.82) is 5.26 Å². The number of hydrogen-bond donors (Lipinski definition) is 1. The van der Waals surface area contributed by atoms with Crippen molar-refractivity contribution in [2.75, 3.05) is 19.0 Å². The number of benzene rings is 1. The maximum absolute atomic E-state index is 9.24. The van der Waals surface area contributed by atoms with Crippen LogP contribution in [0.1, 0.15) is 42.0 Å². The molecule has 1 atom stereocenters. The Balaban J connectivity index is 2.34. The highest BCUT2D eigenvalue weighted by Crippen LogP contribution is 2.49. The largest absolute Gasteiger partial charge is 0.496 e. The Labute approximate surface area is 160 Å². The van der Waals surface area contributed by atoms with Crippen LogP contribution < -0.4 is 14.8 Å². The zero-order chi connectivity index (χ0) is 19.6. The molecule has 0 radical (unpaired) electrons. The molecule has 0 fully saturated rings. The zero-order valence-electron chi connectivity index (χ0n) is 16.1. The predicted molar refractivity (Wildman–Crippen MR) is 106 cm³/mol. The van der Waals surface area contributed by atoms with Crippen molar-refractivity contribution in [3.05, 3.63) is 70.6 Å². The summed E-state index contributed by atoms with van der Waals surface area (Å²) < 4.78 is 11.5. The van der Waals surface area contributed by atoms with Gasteiger partial charge in [0.2, 0.25) is 5.88 Å². The lowest BCUT2D eigenvalue weighted by Gasteiger charge is -2.32. The van der Waals surface area contributed by atoms with Crippen LogP contribution in [0.25, 0.3) is 0 Å². The molecule has 1 aliphatic rings. The monoisotopic (exact) mass is 361 g/mol. The Morgan fingerprint density at radius 3 is 2.78 bits per heavy atom. The van der Waals surface area contributed by atoms with Gasteiger partial charge in [0.05, 0.1) is 36.6 Å². The maximum atomic E-state index is 9.24. The van der Waals surface area contributed by atoms with E-state index in [1.807, 2.05) is 39.1 Å². The first-order valence-electron chi connectivity index (χ1n) is 8.86. The van der Waals surface area contributed by atoms with Crippen LogP contribution in [0.5, 0.6) is 11.6 Å². The summed E-state index contributed by atoms with van der Waals surface area (Å²) in [5.74, 6) is 1.09. The number of methoxy groups -OCH3 is 1. The van der Waals surface area contributed by atoms with Gasteiger partial charge in [0.1, 0.15) is 5.75 Å².